The molecule has 0 aliphatic carbocycles. The van der Waals surface area contributed by atoms with Gasteiger partial charge in [-0.05, 0) is 12.1 Å². The number of hydrogen-bond acceptors (Lipinski definition) is 5. The Labute approximate surface area is 101 Å². The Hall–Kier alpha value is -1.82. The summed E-state index contributed by atoms with van der Waals surface area (Å²) in [5, 5.41) is 7.93. The van der Waals surface area contributed by atoms with Gasteiger partial charge in [-0.3, -0.25) is 15.1 Å². The average Bonchev–Trinajstić information content (AvgIpc) is 2.84. The first-order valence-electron chi connectivity index (χ1n) is 5.02. The Balaban J connectivity index is 2.13. The van der Waals surface area contributed by atoms with Crippen molar-refractivity contribution in [2.45, 2.75) is 6.61 Å². The van der Waals surface area contributed by atoms with Gasteiger partial charge in [0.05, 0.1) is 17.0 Å². The van der Waals surface area contributed by atoms with Crippen molar-refractivity contribution in [3.63, 3.8) is 0 Å². The third-order valence-electron chi connectivity index (χ3n) is 2.74. The lowest BCUT2D eigenvalue weighted by molar-refractivity contribution is -0.115. The van der Waals surface area contributed by atoms with E-state index in [-0.39, 0.29) is 29.4 Å². The van der Waals surface area contributed by atoms with E-state index in [4.69, 9.17) is 10.1 Å². The van der Waals surface area contributed by atoms with Crippen LogP contribution >= 0.6 is 11.8 Å². The largest absolute Gasteiger partial charge is 0.457 e. The summed E-state index contributed by atoms with van der Waals surface area (Å²) in [5.41, 5.74) is 1.77. The number of amides is 1. The van der Waals surface area contributed by atoms with Crippen LogP contribution < -0.4 is 4.90 Å². The molecule has 0 saturated carbocycles. The lowest BCUT2D eigenvalue weighted by atomic mass is 10.1. The lowest BCUT2D eigenvalue weighted by Crippen LogP contribution is -2.29. The van der Waals surface area contributed by atoms with Crippen molar-refractivity contribution in [3.8, 4) is 0 Å². The molecule has 0 bridgehead atoms. The second kappa shape index (κ2) is 3.59. The molecule has 3 rings (SSSR count). The van der Waals surface area contributed by atoms with Crippen LogP contribution in [0, 0.1) is 5.41 Å². The van der Waals surface area contributed by atoms with Crippen molar-refractivity contribution in [1.82, 2.24) is 0 Å². The summed E-state index contributed by atoms with van der Waals surface area (Å²) >= 11 is 1.19. The van der Waals surface area contributed by atoms with E-state index >= 15 is 0 Å². The number of nitrogens with zero attached hydrogens (tertiary/aromatic N) is 1. The molecule has 0 aromatic heterocycles. The smallest absolute Gasteiger partial charge is 0.338 e. The topological polar surface area (TPSA) is 70.5 Å². The van der Waals surface area contributed by atoms with Crippen LogP contribution in [0.2, 0.25) is 0 Å². The Bertz CT molecular complexity index is 540. The molecule has 1 amide bonds. The molecule has 1 fully saturated rings. The van der Waals surface area contributed by atoms with Crippen LogP contribution in [-0.4, -0.2) is 22.8 Å². The van der Waals surface area contributed by atoms with Gasteiger partial charge in [0.2, 0.25) is 5.91 Å². The van der Waals surface area contributed by atoms with Crippen molar-refractivity contribution in [2.75, 3.05) is 10.7 Å². The number of esters is 1. The normalized spacial score (nSPS) is 18.6. The van der Waals surface area contributed by atoms with E-state index in [0.29, 0.717) is 16.8 Å². The fourth-order valence-corrected chi connectivity index (χ4v) is 2.68. The first kappa shape index (κ1) is 10.3. The molecule has 0 unspecified atom stereocenters. The third-order valence-corrected chi connectivity index (χ3v) is 3.59. The fourth-order valence-electron chi connectivity index (χ4n) is 1.96. The van der Waals surface area contributed by atoms with Crippen LogP contribution in [0.1, 0.15) is 15.9 Å². The number of ether oxygens (including phenoxy) is 1. The molecule has 1 aromatic rings. The maximum Gasteiger partial charge on any atom is 0.338 e. The number of thioether (sulfide) groups is 1. The lowest BCUT2D eigenvalue weighted by Gasteiger charge is -2.17. The molecule has 5 nitrogen and oxygen atoms in total. The third kappa shape index (κ3) is 1.44. The average molecular weight is 248 g/mol. The van der Waals surface area contributed by atoms with Crippen molar-refractivity contribution in [3.05, 3.63) is 29.3 Å². The van der Waals surface area contributed by atoms with Gasteiger partial charge in [0.1, 0.15) is 6.61 Å². The quantitative estimate of drug-likeness (QED) is 0.762. The Morgan fingerprint density at radius 1 is 1.35 bits per heavy atom. The predicted octanol–water partition coefficient (Wildman–Crippen LogP) is 1.37. The van der Waals surface area contributed by atoms with Gasteiger partial charge in [-0.1, -0.05) is 17.8 Å². The molecule has 0 radical (unpaired) electrons. The SMILES string of the molecule is N=C1SCC(=O)N1c1cccc2c1COC2=O. The minimum Gasteiger partial charge on any atom is -0.457 e. The number of carbonyl (C=O) groups excluding carboxylic acids is 2. The molecule has 6 heteroatoms. The molecule has 1 aromatic carbocycles. The van der Waals surface area contributed by atoms with Crippen molar-refractivity contribution in [1.29, 1.82) is 5.41 Å². The number of fused-ring (bicyclic) bond motifs is 1. The van der Waals surface area contributed by atoms with Gasteiger partial charge in [-0.15, -0.1) is 0 Å². The number of rotatable bonds is 1. The molecule has 17 heavy (non-hydrogen) atoms. The first-order valence-corrected chi connectivity index (χ1v) is 6.00. The molecular formula is C11H8N2O3S. The zero-order valence-corrected chi connectivity index (χ0v) is 9.54. The summed E-state index contributed by atoms with van der Waals surface area (Å²) < 4.78 is 4.94. The van der Waals surface area contributed by atoms with Gasteiger partial charge in [0.25, 0.3) is 0 Å². The van der Waals surface area contributed by atoms with Crippen molar-refractivity contribution in [2.24, 2.45) is 0 Å². The number of benzene rings is 1. The first-order chi connectivity index (χ1) is 8.18. The molecule has 2 aliphatic heterocycles. The highest BCUT2D eigenvalue weighted by Crippen LogP contribution is 2.33. The minimum absolute atomic E-state index is 0.132. The number of carbonyl (C=O) groups is 2. The number of anilines is 1. The predicted molar refractivity (Wildman–Crippen MR) is 63.2 cm³/mol. The van der Waals surface area contributed by atoms with E-state index in [1.165, 1.54) is 16.7 Å². The summed E-state index contributed by atoms with van der Waals surface area (Å²) in [4.78, 5) is 24.5. The van der Waals surface area contributed by atoms with E-state index in [1.807, 2.05) is 0 Å². The van der Waals surface area contributed by atoms with Gasteiger partial charge >= 0.3 is 5.97 Å². The van der Waals surface area contributed by atoms with E-state index in [9.17, 15) is 9.59 Å². The highest BCUT2D eigenvalue weighted by Gasteiger charge is 2.33. The summed E-state index contributed by atoms with van der Waals surface area (Å²) in [6, 6.07) is 5.11. The Morgan fingerprint density at radius 3 is 2.88 bits per heavy atom. The number of amidine groups is 1. The van der Waals surface area contributed by atoms with Crippen LogP contribution in [0.5, 0.6) is 0 Å². The maximum atomic E-state index is 11.7. The summed E-state index contributed by atoms with van der Waals surface area (Å²) in [6.45, 7) is 0.173. The van der Waals surface area contributed by atoms with Gasteiger partial charge in [0, 0.05) is 5.56 Å². The number of nitrogens with one attached hydrogen (secondary N) is 1. The second-order valence-electron chi connectivity index (χ2n) is 3.70. The van der Waals surface area contributed by atoms with E-state index in [2.05, 4.69) is 0 Å². The van der Waals surface area contributed by atoms with Gasteiger partial charge < -0.3 is 4.74 Å². The standard InChI is InChI=1S/C11H8N2O3S/c12-11-13(9(14)5-17-11)8-3-1-2-6-7(8)4-16-10(6)15/h1-3,12H,4-5H2. The Morgan fingerprint density at radius 2 is 2.18 bits per heavy atom. The van der Waals surface area contributed by atoms with Gasteiger partial charge in [0.15, 0.2) is 5.17 Å². The highest BCUT2D eigenvalue weighted by atomic mass is 32.2. The van der Waals surface area contributed by atoms with Crippen LogP contribution in [0.25, 0.3) is 0 Å². The summed E-state index contributed by atoms with van der Waals surface area (Å²) in [7, 11) is 0. The molecule has 2 heterocycles. The van der Waals surface area contributed by atoms with Crippen molar-refractivity contribution < 1.29 is 14.3 Å². The molecule has 1 saturated heterocycles. The number of cyclic esters (lactones) is 1. The van der Waals surface area contributed by atoms with Crippen molar-refractivity contribution >= 4 is 34.5 Å². The zero-order chi connectivity index (χ0) is 12.0. The van der Waals surface area contributed by atoms with Crippen LogP contribution in [0.3, 0.4) is 0 Å². The van der Waals surface area contributed by atoms with Crippen LogP contribution in [0.15, 0.2) is 18.2 Å². The zero-order valence-electron chi connectivity index (χ0n) is 8.73. The minimum atomic E-state index is -0.368. The summed E-state index contributed by atoms with van der Waals surface area (Å²) in [5.74, 6) is -0.224. The molecule has 0 spiro atoms. The maximum absolute atomic E-state index is 11.7. The summed E-state index contributed by atoms with van der Waals surface area (Å²) in [6.07, 6.45) is 0. The van der Waals surface area contributed by atoms with Crippen LogP contribution in [0.4, 0.5) is 5.69 Å². The Kier molecular flexibility index (Phi) is 2.19. The van der Waals surface area contributed by atoms with Gasteiger partial charge in [-0.25, -0.2) is 4.79 Å². The molecule has 86 valence electrons. The van der Waals surface area contributed by atoms with Crippen LogP contribution in [-0.2, 0) is 16.1 Å². The number of hydrogen-bond donors (Lipinski definition) is 1. The molecule has 2 aliphatic rings. The second-order valence-corrected chi connectivity index (χ2v) is 4.67. The molecule has 0 atom stereocenters. The highest BCUT2D eigenvalue weighted by molar-refractivity contribution is 8.15. The molecular weight excluding hydrogens is 240 g/mol. The fraction of sp³-hybridized carbons (Fsp3) is 0.182. The van der Waals surface area contributed by atoms with E-state index < -0.39 is 0 Å². The van der Waals surface area contributed by atoms with E-state index in [1.54, 1.807) is 18.2 Å². The van der Waals surface area contributed by atoms with Gasteiger partial charge in [-0.2, -0.15) is 0 Å². The monoisotopic (exact) mass is 248 g/mol. The molecule has 1 N–H and O–H groups in total. The van der Waals surface area contributed by atoms with E-state index in [0.717, 1.165) is 0 Å².